The fourth-order valence-electron chi connectivity index (χ4n) is 0.962. The van der Waals surface area contributed by atoms with Crippen molar-refractivity contribution in [3.63, 3.8) is 0 Å². The predicted octanol–water partition coefficient (Wildman–Crippen LogP) is 2.79. The molecule has 0 fully saturated rings. The van der Waals surface area contributed by atoms with Gasteiger partial charge in [-0.3, -0.25) is 11.7 Å². The molecule has 97 valence electrons. The van der Waals surface area contributed by atoms with Crippen molar-refractivity contribution in [3.05, 3.63) is 73.7 Å². The second-order valence-electron chi connectivity index (χ2n) is 2.86. The maximum atomic E-state index is 10.3. The Hall–Kier alpha value is -1.91. The van der Waals surface area contributed by atoms with Gasteiger partial charge >= 0.3 is 19.5 Å². The van der Waals surface area contributed by atoms with Crippen molar-refractivity contribution < 1.29 is 29.1 Å². The van der Waals surface area contributed by atoms with Crippen molar-refractivity contribution in [2.75, 3.05) is 0 Å². The number of hydrogen-bond donors (Lipinski definition) is 0. The van der Waals surface area contributed by atoms with Crippen LogP contribution in [0, 0.1) is 13.0 Å². The molecule has 0 saturated carbocycles. The van der Waals surface area contributed by atoms with Crippen LogP contribution in [0.5, 0.6) is 5.75 Å². The summed E-state index contributed by atoms with van der Waals surface area (Å²) in [5.41, 5.74) is 0. The van der Waals surface area contributed by atoms with E-state index in [0.717, 1.165) is 0 Å². The van der Waals surface area contributed by atoms with Crippen molar-refractivity contribution in [1.82, 2.24) is 0 Å². The van der Waals surface area contributed by atoms with Gasteiger partial charge in [-0.05, 0) is 12.1 Å². The van der Waals surface area contributed by atoms with Crippen LogP contribution in [0.2, 0.25) is 0 Å². The van der Waals surface area contributed by atoms with Gasteiger partial charge in [-0.2, -0.15) is 36.4 Å². The minimum atomic E-state index is -0.536. The predicted molar refractivity (Wildman–Crippen MR) is 63.4 cm³/mol. The van der Waals surface area contributed by atoms with E-state index in [1.165, 1.54) is 0 Å². The number of para-hydroxylation sites is 1. The fourth-order valence-corrected chi connectivity index (χ4v) is 0.962. The summed E-state index contributed by atoms with van der Waals surface area (Å²) in [6, 6.07) is 21.3. The largest absolute Gasteiger partial charge is 0.184 e. The standard InChI is InChI=1S/C8H7O2.C6H5.Co.O/c1-7(9)10-8-5-3-2-4-6-8;1-2-4-6-5-3-1;;/h2-6H,1H2;1-5H;;/q2*-1;;. The Kier molecular flexibility index (Phi) is 10.3. The number of carbonyl (C=O) groups excluding carboxylic acids is 1. The Morgan fingerprint density at radius 1 is 1.00 bits per heavy atom. The first-order valence-electron chi connectivity index (χ1n) is 4.92. The summed E-state index contributed by atoms with van der Waals surface area (Å²) in [5.74, 6) is -0.00583. The van der Waals surface area contributed by atoms with E-state index in [1.807, 2.05) is 36.4 Å². The molecule has 0 heterocycles. The molecule has 0 N–H and O–H groups in total. The van der Waals surface area contributed by atoms with Crippen molar-refractivity contribution >= 4 is 5.97 Å². The summed E-state index contributed by atoms with van der Waals surface area (Å²) in [4.78, 5) is 10.3. The summed E-state index contributed by atoms with van der Waals surface area (Å²) in [7, 11) is 0. The molecule has 0 aromatic heterocycles. The van der Waals surface area contributed by atoms with Gasteiger partial charge in [0.05, 0.1) is 0 Å². The minimum Gasteiger partial charge on any atom is -0.184 e. The maximum Gasteiger partial charge on any atom is -0.171 e. The fraction of sp³-hybridized carbons (Fsp3) is 0. The van der Waals surface area contributed by atoms with E-state index in [-0.39, 0.29) is 0 Å². The van der Waals surface area contributed by atoms with Crippen LogP contribution in [0.25, 0.3) is 0 Å². The molecule has 0 spiro atoms. The van der Waals surface area contributed by atoms with Crippen LogP contribution < -0.4 is 4.74 Å². The zero-order valence-electron chi connectivity index (χ0n) is 9.54. The minimum absolute atomic E-state index is 0.530. The van der Waals surface area contributed by atoms with Crippen molar-refractivity contribution in [1.29, 1.82) is 0 Å². The Bertz CT molecular complexity index is 391. The van der Waals surface area contributed by atoms with Crippen LogP contribution in [0.1, 0.15) is 0 Å². The van der Waals surface area contributed by atoms with E-state index < -0.39 is 5.97 Å². The van der Waals surface area contributed by atoms with Gasteiger partial charge < -0.3 is 4.74 Å². The molecule has 18 heavy (non-hydrogen) atoms. The van der Waals surface area contributed by atoms with Crippen LogP contribution in [0.3, 0.4) is 0 Å². The summed E-state index contributed by atoms with van der Waals surface area (Å²) in [5, 5.41) is 0. The maximum absolute atomic E-state index is 10.3. The van der Waals surface area contributed by atoms with Crippen LogP contribution in [-0.2, 0) is 24.3 Å². The third-order valence-corrected chi connectivity index (χ3v) is 1.58. The molecule has 0 atom stereocenters. The summed E-state index contributed by atoms with van der Waals surface area (Å²) < 4.78 is 12.6. The quantitative estimate of drug-likeness (QED) is 0.460. The number of benzene rings is 2. The van der Waals surface area contributed by atoms with E-state index in [2.05, 4.69) is 33.4 Å². The molecule has 2 aromatic carbocycles. The van der Waals surface area contributed by atoms with Gasteiger partial charge in [-0.1, -0.05) is 18.2 Å². The smallest absolute Gasteiger partial charge is 0.171 e. The van der Waals surface area contributed by atoms with Gasteiger partial charge in [-0.25, -0.2) is 0 Å². The molecule has 0 aliphatic rings. The first kappa shape index (κ1) is 16.1. The molecule has 0 bridgehead atoms. The van der Waals surface area contributed by atoms with Gasteiger partial charge in [0.1, 0.15) is 5.75 Å². The summed E-state index contributed by atoms with van der Waals surface area (Å²) in [6.07, 6.45) is 0. The molecule has 0 aliphatic heterocycles. The van der Waals surface area contributed by atoms with Gasteiger partial charge in [0.25, 0.3) is 0 Å². The van der Waals surface area contributed by atoms with Gasteiger partial charge in [-0.15, -0.1) is 0 Å². The zero-order chi connectivity index (χ0) is 13.6. The van der Waals surface area contributed by atoms with Crippen LogP contribution in [0.4, 0.5) is 0 Å². The van der Waals surface area contributed by atoms with E-state index >= 15 is 0 Å². The molecule has 0 radical (unpaired) electrons. The number of ether oxygens (including phenoxy) is 1. The third-order valence-electron chi connectivity index (χ3n) is 1.58. The SMILES string of the molecule is [CH2-]C(=O)Oc1ccccc1.[O]=[Co].[c-]1ccccc1. The molecular formula is C14H12CoO3-2. The Morgan fingerprint density at radius 2 is 1.50 bits per heavy atom. The normalized spacial score (nSPS) is 7.83. The Balaban J connectivity index is 0.000000308. The van der Waals surface area contributed by atoms with Crippen molar-refractivity contribution in [2.24, 2.45) is 0 Å². The molecule has 0 amide bonds. The Labute approximate surface area is 115 Å². The van der Waals surface area contributed by atoms with Crippen LogP contribution in [-0.4, -0.2) is 5.97 Å². The van der Waals surface area contributed by atoms with Gasteiger partial charge in [0, 0.05) is 0 Å². The molecule has 0 saturated heterocycles. The number of hydrogen-bond acceptors (Lipinski definition) is 3. The molecule has 0 aliphatic carbocycles. The molecule has 2 rings (SSSR count). The van der Waals surface area contributed by atoms with Crippen molar-refractivity contribution in [2.45, 2.75) is 0 Å². The molecule has 4 heteroatoms. The van der Waals surface area contributed by atoms with E-state index in [9.17, 15) is 4.79 Å². The second-order valence-corrected chi connectivity index (χ2v) is 2.86. The second kappa shape index (κ2) is 11.6. The monoisotopic (exact) mass is 287 g/mol. The zero-order valence-corrected chi connectivity index (χ0v) is 10.6. The van der Waals surface area contributed by atoms with Gasteiger partial charge in [0.15, 0.2) is 5.97 Å². The average Bonchev–Trinajstić information content (AvgIpc) is 2.44. The third kappa shape index (κ3) is 9.32. The first-order chi connectivity index (χ1) is 8.79. The van der Waals surface area contributed by atoms with E-state index in [1.54, 1.807) is 24.3 Å². The number of carbonyl (C=O) groups is 1. The molecule has 0 unspecified atom stereocenters. The molecule has 2 aromatic rings. The molecular weight excluding hydrogens is 275 g/mol. The summed E-state index contributed by atoms with van der Waals surface area (Å²) in [6.45, 7) is 3.07. The van der Waals surface area contributed by atoms with Crippen LogP contribution in [0.15, 0.2) is 60.7 Å². The van der Waals surface area contributed by atoms with Crippen LogP contribution >= 0.6 is 0 Å². The van der Waals surface area contributed by atoms with E-state index in [4.69, 9.17) is 3.87 Å². The topological polar surface area (TPSA) is 43.4 Å². The summed E-state index contributed by atoms with van der Waals surface area (Å²) >= 11 is 2.31. The molecule has 3 nitrogen and oxygen atoms in total. The first-order valence-corrected chi connectivity index (χ1v) is 5.35. The van der Waals surface area contributed by atoms with Crippen molar-refractivity contribution in [3.8, 4) is 5.75 Å². The van der Waals surface area contributed by atoms with E-state index in [0.29, 0.717) is 5.75 Å². The average molecular weight is 287 g/mol. The van der Waals surface area contributed by atoms with Gasteiger partial charge in [0.2, 0.25) is 0 Å². The number of esters is 1. The number of rotatable bonds is 1. The Morgan fingerprint density at radius 3 is 1.83 bits per heavy atom.